The average molecular weight is 376 g/mol. The molecule has 1 aromatic carbocycles. The first-order valence-corrected chi connectivity index (χ1v) is 7.69. The largest absolute Gasteiger partial charge is 0.485 e. The zero-order valence-corrected chi connectivity index (χ0v) is 14.3. The van der Waals surface area contributed by atoms with Crippen molar-refractivity contribution in [3.63, 3.8) is 0 Å². The first kappa shape index (κ1) is 18.7. The number of benzene rings is 1. The Balaban J connectivity index is 0.00000208. The van der Waals surface area contributed by atoms with Gasteiger partial charge in [0.05, 0.1) is 6.20 Å². The van der Waals surface area contributed by atoms with Crippen LogP contribution in [-0.4, -0.2) is 31.2 Å². The standard InChI is InChI=1S/C16H16ClF2N3O.ClH/c17-12-2-1-11(14(19)7-12)10-23-15-8-13(18)9-21-16(15)22-5-3-20-4-6-22;/h1-2,7-9,20H,3-6,10H2;1H. The minimum Gasteiger partial charge on any atom is -0.485 e. The van der Waals surface area contributed by atoms with Gasteiger partial charge in [0.25, 0.3) is 0 Å². The van der Waals surface area contributed by atoms with Crippen molar-refractivity contribution in [2.75, 3.05) is 31.1 Å². The summed E-state index contributed by atoms with van der Waals surface area (Å²) in [7, 11) is 0. The third-order valence-corrected chi connectivity index (χ3v) is 3.85. The lowest BCUT2D eigenvalue weighted by Gasteiger charge is -2.29. The minimum atomic E-state index is -0.490. The van der Waals surface area contributed by atoms with Crippen molar-refractivity contribution in [3.05, 3.63) is 52.7 Å². The number of hydrogen-bond donors (Lipinski definition) is 1. The van der Waals surface area contributed by atoms with E-state index in [0.29, 0.717) is 22.2 Å². The number of nitrogens with zero attached hydrogens (tertiary/aromatic N) is 2. The van der Waals surface area contributed by atoms with Crippen molar-refractivity contribution in [2.45, 2.75) is 6.61 Å². The first-order chi connectivity index (χ1) is 11.1. The van der Waals surface area contributed by atoms with Gasteiger partial charge in [0.15, 0.2) is 11.6 Å². The van der Waals surface area contributed by atoms with E-state index in [2.05, 4.69) is 10.3 Å². The van der Waals surface area contributed by atoms with Crippen molar-refractivity contribution in [2.24, 2.45) is 0 Å². The molecule has 130 valence electrons. The van der Waals surface area contributed by atoms with Crippen LogP contribution in [0.4, 0.5) is 14.6 Å². The van der Waals surface area contributed by atoms with Crippen LogP contribution >= 0.6 is 24.0 Å². The molecule has 24 heavy (non-hydrogen) atoms. The van der Waals surface area contributed by atoms with E-state index in [1.165, 1.54) is 12.1 Å². The van der Waals surface area contributed by atoms with E-state index in [9.17, 15) is 8.78 Å². The molecule has 8 heteroatoms. The molecule has 0 spiro atoms. The molecule has 0 aliphatic carbocycles. The Morgan fingerprint density at radius 2 is 1.96 bits per heavy atom. The smallest absolute Gasteiger partial charge is 0.171 e. The summed E-state index contributed by atoms with van der Waals surface area (Å²) < 4.78 is 33.0. The fraction of sp³-hybridized carbons (Fsp3) is 0.312. The van der Waals surface area contributed by atoms with Crippen LogP contribution in [0.3, 0.4) is 0 Å². The van der Waals surface area contributed by atoms with Crippen LogP contribution in [-0.2, 0) is 6.61 Å². The van der Waals surface area contributed by atoms with Crippen LogP contribution in [0.15, 0.2) is 30.5 Å². The zero-order valence-electron chi connectivity index (χ0n) is 12.8. The molecule has 4 nitrogen and oxygen atoms in total. The second-order valence-electron chi connectivity index (χ2n) is 5.24. The highest BCUT2D eigenvalue weighted by molar-refractivity contribution is 6.30. The molecular weight excluding hydrogens is 359 g/mol. The summed E-state index contributed by atoms with van der Waals surface area (Å²) in [5.74, 6) is -0.0652. The molecule has 1 N–H and O–H groups in total. The highest BCUT2D eigenvalue weighted by atomic mass is 35.5. The monoisotopic (exact) mass is 375 g/mol. The molecule has 3 rings (SSSR count). The Labute approximate surface area is 150 Å². The topological polar surface area (TPSA) is 37.4 Å². The van der Waals surface area contributed by atoms with Crippen molar-refractivity contribution < 1.29 is 13.5 Å². The van der Waals surface area contributed by atoms with E-state index >= 15 is 0 Å². The van der Waals surface area contributed by atoms with Gasteiger partial charge in [-0.25, -0.2) is 13.8 Å². The number of ether oxygens (including phenoxy) is 1. The lowest BCUT2D eigenvalue weighted by Crippen LogP contribution is -2.44. The first-order valence-electron chi connectivity index (χ1n) is 7.31. The van der Waals surface area contributed by atoms with Gasteiger partial charge < -0.3 is 15.0 Å². The van der Waals surface area contributed by atoms with Crippen LogP contribution in [0.5, 0.6) is 5.75 Å². The number of halogens is 4. The Morgan fingerprint density at radius 3 is 2.67 bits per heavy atom. The number of pyridine rings is 1. The van der Waals surface area contributed by atoms with Crippen molar-refractivity contribution in [3.8, 4) is 5.75 Å². The molecule has 1 aliphatic heterocycles. The van der Waals surface area contributed by atoms with E-state index in [4.69, 9.17) is 16.3 Å². The summed E-state index contributed by atoms with van der Waals surface area (Å²) in [4.78, 5) is 6.15. The molecule has 1 aliphatic rings. The fourth-order valence-corrected chi connectivity index (χ4v) is 2.59. The Kier molecular flexibility index (Phi) is 6.60. The summed E-state index contributed by atoms with van der Waals surface area (Å²) in [6.07, 6.45) is 1.16. The number of nitrogens with one attached hydrogen (secondary N) is 1. The molecule has 1 saturated heterocycles. The number of piperazine rings is 1. The Morgan fingerprint density at radius 1 is 1.21 bits per heavy atom. The van der Waals surface area contributed by atoms with Gasteiger partial charge in [0.1, 0.15) is 18.2 Å². The average Bonchev–Trinajstić information content (AvgIpc) is 2.55. The second-order valence-corrected chi connectivity index (χ2v) is 5.67. The minimum absolute atomic E-state index is 0. The van der Waals surface area contributed by atoms with Gasteiger partial charge in [0.2, 0.25) is 0 Å². The Bertz CT molecular complexity index is 697. The molecule has 0 atom stereocenters. The van der Waals surface area contributed by atoms with Crippen molar-refractivity contribution in [1.82, 2.24) is 10.3 Å². The van der Waals surface area contributed by atoms with E-state index in [0.717, 1.165) is 32.4 Å². The molecular formula is C16H17Cl2F2N3O. The predicted octanol–water partition coefficient (Wildman–Crippen LogP) is 3.42. The summed E-state index contributed by atoms with van der Waals surface area (Å²) in [5, 5.41) is 3.56. The molecule has 0 amide bonds. The maximum Gasteiger partial charge on any atom is 0.171 e. The highest BCUT2D eigenvalue weighted by Crippen LogP contribution is 2.28. The summed E-state index contributed by atoms with van der Waals surface area (Å²) >= 11 is 5.73. The molecule has 0 saturated carbocycles. The third kappa shape index (κ3) is 4.47. The van der Waals surface area contributed by atoms with E-state index < -0.39 is 11.6 Å². The maximum atomic E-state index is 13.8. The van der Waals surface area contributed by atoms with Gasteiger partial charge >= 0.3 is 0 Å². The van der Waals surface area contributed by atoms with Gasteiger partial charge in [-0.3, -0.25) is 0 Å². The van der Waals surface area contributed by atoms with E-state index in [1.54, 1.807) is 12.1 Å². The molecule has 1 fully saturated rings. The van der Waals surface area contributed by atoms with Crippen LogP contribution in [0.1, 0.15) is 5.56 Å². The van der Waals surface area contributed by atoms with Crippen molar-refractivity contribution >= 4 is 29.8 Å². The zero-order chi connectivity index (χ0) is 16.2. The molecule has 0 unspecified atom stereocenters. The lowest BCUT2D eigenvalue weighted by molar-refractivity contribution is 0.297. The molecule has 0 bridgehead atoms. The van der Waals surface area contributed by atoms with Crippen LogP contribution in [0.2, 0.25) is 5.02 Å². The summed E-state index contributed by atoms with van der Waals surface area (Å²) in [5.41, 5.74) is 0.352. The molecule has 1 aromatic heterocycles. The van der Waals surface area contributed by atoms with Gasteiger partial charge in [-0.1, -0.05) is 17.7 Å². The molecule has 0 radical (unpaired) electrons. The quantitative estimate of drug-likeness (QED) is 0.888. The molecule has 2 heterocycles. The Hall–Kier alpha value is -1.63. The normalized spacial score (nSPS) is 14.2. The predicted molar refractivity (Wildman–Crippen MR) is 92.3 cm³/mol. The fourth-order valence-electron chi connectivity index (χ4n) is 2.43. The SMILES string of the molecule is Cl.Fc1cnc(N2CCNCC2)c(OCc2ccc(Cl)cc2F)c1. The van der Waals surface area contributed by atoms with Crippen molar-refractivity contribution in [1.29, 1.82) is 0 Å². The van der Waals surface area contributed by atoms with E-state index in [1.807, 2.05) is 4.90 Å². The second kappa shape index (κ2) is 8.46. The highest BCUT2D eigenvalue weighted by Gasteiger charge is 2.18. The number of anilines is 1. The van der Waals surface area contributed by atoms with Gasteiger partial charge in [-0.2, -0.15) is 0 Å². The number of aromatic nitrogens is 1. The number of hydrogen-bond acceptors (Lipinski definition) is 4. The molecule has 2 aromatic rings. The maximum absolute atomic E-state index is 13.8. The van der Waals surface area contributed by atoms with Crippen LogP contribution in [0, 0.1) is 11.6 Å². The summed E-state index contributed by atoms with van der Waals surface area (Å²) in [6, 6.07) is 5.64. The van der Waals surface area contributed by atoms with Gasteiger partial charge in [-0.15, -0.1) is 12.4 Å². The van der Waals surface area contributed by atoms with E-state index in [-0.39, 0.29) is 19.0 Å². The lowest BCUT2D eigenvalue weighted by atomic mass is 10.2. The van der Waals surface area contributed by atoms with Crippen LogP contribution < -0.4 is 15.0 Å². The summed E-state index contributed by atoms with van der Waals surface area (Å²) in [6.45, 7) is 3.14. The third-order valence-electron chi connectivity index (χ3n) is 3.61. The van der Waals surface area contributed by atoms with Gasteiger partial charge in [-0.05, 0) is 12.1 Å². The van der Waals surface area contributed by atoms with Crippen LogP contribution in [0.25, 0.3) is 0 Å². The number of rotatable bonds is 4. The van der Waals surface area contributed by atoms with Gasteiger partial charge in [0, 0.05) is 42.8 Å².